The maximum absolute atomic E-state index is 16.3. The standard InChI is InChI=1S/C35H39F2N5O7/c1-19(2)22-11-8-9-13-26(22)41-32-23(15-25(37)29(38-32)28-24(36)12-10-14-27(28)48-7)30(31(33(41)44)42(46)47)40-16-20(3)39(17-21(40)18-43)34(45)49-35(4,5)6/h8-15,19-21,43H,16-18H2,1-7H3/t20-,21-/m1/s1. The predicted octanol–water partition coefficient (Wildman–Crippen LogP) is 6.18. The minimum atomic E-state index is -1.06. The molecule has 0 radical (unpaired) electrons. The molecule has 3 heterocycles. The Bertz CT molecular complexity index is 1990. The maximum Gasteiger partial charge on any atom is 0.410 e. The molecule has 1 aliphatic rings. The number of aliphatic hydroxyl groups excluding tert-OH is 1. The molecule has 49 heavy (non-hydrogen) atoms. The third kappa shape index (κ3) is 6.52. The van der Waals surface area contributed by atoms with Crippen molar-refractivity contribution in [3.05, 3.63) is 86.2 Å². The number of carbonyl (C=O) groups is 1. The number of hydrogen-bond donors (Lipinski definition) is 1. The number of nitrogens with zero attached hydrogens (tertiary/aromatic N) is 5. The van der Waals surface area contributed by atoms with Crippen LogP contribution in [0.2, 0.25) is 0 Å². The van der Waals surface area contributed by atoms with Gasteiger partial charge in [0.15, 0.2) is 11.5 Å². The summed E-state index contributed by atoms with van der Waals surface area (Å²) in [7, 11) is 1.29. The second-order valence-electron chi connectivity index (χ2n) is 13.3. The molecule has 0 bridgehead atoms. The number of anilines is 1. The zero-order valence-electron chi connectivity index (χ0n) is 28.4. The lowest BCUT2D eigenvalue weighted by Crippen LogP contribution is -2.61. The summed E-state index contributed by atoms with van der Waals surface area (Å²) in [5.74, 6) is -2.04. The number of piperazine rings is 1. The number of hydrogen-bond acceptors (Lipinski definition) is 9. The van der Waals surface area contributed by atoms with Crippen LogP contribution in [0.1, 0.15) is 53.0 Å². The fourth-order valence-corrected chi connectivity index (χ4v) is 6.24. The minimum absolute atomic E-state index is 0.0169. The minimum Gasteiger partial charge on any atom is -0.496 e. The molecule has 12 nitrogen and oxygen atoms in total. The van der Waals surface area contributed by atoms with E-state index in [1.165, 1.54) is 29.0 Å². The number of amides is 1. The van der Waals surface area contributed by atoms with Crippen molar-refractivity contribution in [2.45, 2.75) is 65.1 Å². The van der Waals surface area contributed by atoms with Crippen molar-refractivity contribution in [3.63, 3.8) is 0 Å². The van der Waals surface area contributed by atoms with Gasteiger partial charge in [-0.3, -0.25) is 19.5 Å². The number of benzene rings is 2. The first kappa shape index (κ1) is 35.2. The van der Waals surface area contributed by atoms with Crippen LogP contribution in [0.25, 0.3) is 28.0 Å². The van der Waals surface area contributed by atoms with Crippen LogP contribution in [0.4, 0.5) is 25.0 Å². The highest BCUT2D eigenvalue weighted by Gasteiger charge is 2.41. The van der Waals surface area contributed by atoms with Gasteiger partial charge in [-0.25, -0.2) is 18.6 Å². The number of ether oxygens (including phenoxy) is 2. The van der Waals surface area contributed by atoms with Crippen molar-refractivity contribution in [1.82, 2.24) is 14.5 Å². The van der Waals surface area contributed by atoms with E-state index in [-0.39, 0.29) is 52.7 Å². The van der Waals surface area contributed by atoms with E-state index in [0.29, 0.717) is 5.56 Å². The maximum atomic E-state index is 16.3. The van der Waals surface area contributed by atoms with Crippen molar-refractivity contribution in [3.8, 4) is 22.7 Å². The SMILES string of the molecule is COc1cccc(F)c1-c1nc2c(cc1F)c(N1C[C@@H](C)N(C(=O)OC(C)(C)C)C[C@@H]1CO)c([N+](=O)[O-])c(=O)n2-c1ccccc1C(C)C. The Labute approximate surface area is 281 Å². The topological polar surface area (TPSA) is 140 Å². The Morgan fingerprint density at radius 2 is 1.82 bits per heavy atom. The lowest BCUT2D eigenvalue weighted by molar-refractivity contribution is -0.385. The first-order valence-electron chi connectivity index (χ1n) is 15.8. The number of pyridine rings is 2. The number of aromatic nitrogens is 2. The van der Waals surface area contributed by atoms with Gasteiger partial charge in [-0.1, -0.05) is 38.1 Å². The van der Waals surface area contributed by atoms with Crippen LogP contribution in [0, 0.1) is 21.7 Å². The number of fused-ring (bicyclic) bond motifs is 1. The highest BCUT2D eigenvalue weighted by molar-refractivity contribution is 5.97. The van der Waals surface area contributed by atoms with Gasteiger partial charge in [0.05, 0.1) is 41.3 Å². The first-order valence-corrected chi connectivity index (χ1v) is 15.8. The van der Waals surface area contributed by atoms with Crippen LogP contribution in [0.5, 0.6) is 5.75 Å². The molecule has 0 unspecified atom stereocenters. The Morgan fingerprint density at radius 1 is 1.12 bits per heavy atom. The number of carbonyl (C=O) groups excluding carboxylic acids is 1. The van der Waals surface area contributed by atoms with Crippen molar-refractivity contribution < 1.29 is 33.1 Å². The first-order chi connectivity index (χ1) is 23.1. The molecule has 2 aromatic heterocycles. The zero-order valence-corrected chi connectivity index (χ0v) is 28.4. The summed E-state index contributed by atoms with van der Waals surface area (Å²) in [5, 5.41) is 23.3. The van der Waals surface area contributed by atoms with Crippen LogP contribution >= 0.6 is 0 Å². The molecule has 14 heteroatoms. The molecule has 260 valence electrons. The van der Waals surface area contributed by atoms with E-state index in [0.717, 1.165) is 16.7 Å². The number of nitro groups is 1. The number of methoxy groups -OCH3 is 1. The molecule has 1 N–H and O–H groups in total. The van der Waals surface area contributed by atoms with Gasteiger partial charge in [0.2, 0.25) is 0 Å². The molecule has 2 atom stereocenters. The summed E-state index contributed by atoms with van der Waals surface area (Å²) in [5.41, 5.74) is -3.06. The zero-order chi connectivity index (χ0) is 35.9. The predicted molar refractivity (Wildman–Crippen MR) is 181 cm³/mol. The second-order valence-corrected chi connectivity index (χ2v) is 13.3. The van der Waals surface area contributed by atoms with E-state index < -0.39 is 63.9 Å². The summed E-state index contributed by atoms with van der Waals surface area (Å²) in [4.78, 5) is 47.0. The summed E-state index contributed by atoms with van der Waals surface area (Å²) >= 11 is 0. The summed E-state index contributed by atoms with van der Waals surface area (Å²) < 4.78 is 43.6. The van der Waals surface area contributed by atoms with E-state index in [1.54, 1.807) is 52.0 Å². The van der Waals surface area contributed by atoms with Gasteiger partial charge < -0.3 is 24.4 Å². The van der Waals surface area contributed by atoms with Crippen LogP contribution in [-0.2, 0) is 4.74 Å². The van der Waals surface area contributed by atoms with Crippen molar-refractivity contribution in [2.75, 3.05) is 31.7 Å². The van der Waals surface area contributed by atoms with Gasteiger partial charge in [0, 0.05) is 19.1 Å². The van der Waals surface area contributed by atoms with Gasteiger partial charge in [-0.15, -0.1) is 0 Å². The van der Waals surface area contributed by atoms with Crippen LogP contribution in [0.15, 0.2) is 53.3 Å². The number of rotatable bonds is 7. The Balaban J connectivity index is 1.87. The molecular formula is C35H39F2N5O7. The molecule has 1 fully saturated rings. The highest BCUT2D eigenvalue weighted by atomic mass is 19.1. The van der Waals surface area contributed by atoms with Crippen molar-refractivity contribution in [1.29, 1.82) is 0 Å². The summed E-state index contributed by atoms with van der Waals surface area (Å²) in [6.45, 7) is 9.81. The van der Waals surface area contributed by atoms with E-state index in [2.05, 4.69) is 4.98 Å². The van der Waals surface area contributed by atoms with E-state index >= 15 is 8.78 Å². The monoisotopic (exact) mass is 679 g/mol. The second kappa shape index (κ2) is 13.4. The van der Waals surface area contributed by atoms with E-state index in [1.807, 2.05) is 13.8 Å². The number of para-hydroxylation sites is 1. The van der Waals surface area contributed by atoms with Crippen molar-refractivity contribution in [2.24, 2.45) is 0 Å². The molecule has 0 aliphatic carbocycles. The molecular weight excluding hydrogens is 640 g/mol. The number of aliphatic hydroxyl groups is 1. The molecule has 5 rings (SSSR count). The highest BCUT2D eigenvalue weighted by Crippen LogP contribution is 2.41. The molecule has 1 saturated heterocycles. The molecule has 4 aromatic rings. The smallest absolute Gasteiger partial charge is 0.410 e. The molecule has 1 amide bonds. The fraction of sp³-hybridized carbons (Fsp3) is 0.400. The van der Waals surface area contributed by atoms with Gasteiger partial charge in [-0.05, 0) is 63.4 Å². The Hall–Kier alpha value is -5.11. The van der Waals surface area contributed by atoms with Crippen LogP contribution in [0.3, 0.4) is 0 Å². The quantitative estimate of drug-likeness (QED) is 0.179. The van der Waals surface area contributed by atoms with Gasteiger partial charge in [-0.2, -0.15) is 0 Å². The van der Waals surface area contributed by atoms with Gasteiger partial charge in [0.25, 0.3) is 0 Å². The van der Waals surface area contributed by atoms with E-state index in [9.17, 15) is 24.8 Å². The summed E-state index contributed by atoms with van der Waals surface area (Å²) in [6, 6.07) is 10.1. The Morgan fingerprint density at radius 3 is 2.43 bits per heavy atom. The van der Waals surface area contributed by atoms with Gasteiger partial charge in [0.1, 0.15) is 28.5 Å². The Kier molecular flexibility index (Phi) is 9.64. The third-order valence-electron chi connectivity index (χ3n) is 8.43. The average molecular weight is 680 g/mol. The molecule has 0 saturated carbocycles. The fourth-order valence-electron chi connectivity index (χ4n) is 6.24. The lowest BCUT2D eigenvalue weighted by Gasteiger charge is -2.45. The third-order valence-corrected chi connectivity index (χ3v) is 8.43. The number of halogens is 2. The van der Waals surface area contributed by atoms with Crippen LogP contribution < -0.4 is 15.2 Å². The normalized spacial score (nSPS) is 16.7. The molecule has 0 spiro atoms. The molecule has 2 aromatic carbocycles. The van der Waals surface area contributed by atoms with Crippen molar-refractivity contribution >= 4 is 28.5 Å². The average Bonchev–Trinajstić information content (AvgIpc) is 3.03. The van der Waals surface area contributed by atoms with E-state index in [4.69, 9.17) is 9.47 Å². The van der Waals surface area contributed by atoms with Gasteiger partial charge >= 0.3 is 17.3 Å². The summed E-state index contributed by atoms with van der Waals surface area (Å²) in [6.07, 6.45) is -0.644. The lowest BCUT2D eigenvalue weighted by atomic mass is 10.00. The largest absolute Gasteiger partial charge is 0.496 e. The molecule has 1 aliphatic heterocycles. The van der Waals surface area contributed by atoms with Crippen LogP contribution in [-0.4, -0.2) is 75.1 Å².